The van der Waals surface area contributed by atoms with Gasteiger partial charge in [-0.15, -0.1) is 0 Å². The summed E-state index contributed by atoms with van der Waals surface area (Å²) in [6.07, 6.45) is 5.13. The SMILES string of the molecule is C[SiH2]OCCCCSCCCCO[SiH2]C. The lowest BCUT2D eigenvalue weighted by molar-refractivity contribution is 0.329. The molecule has 15 heavy (non-hydrogen) atoms. The fourth-order valence-electron chi connectivity index (χ4n) is 1.21. The van der Waals surface area contributed by atoms with Crippen molar-refractivity contribution in [3.05, 3.63) is 0 Å². The summed E-state index contributed by atoms with van der Waals surface area (Å²) in [6.45, 7) is 6.38. The molecule has 92 valence electrons. The smallest absolute Gasteiger partial charge is 0.158 e. The molecule has 0 saturated carbocycles. The van der Waals surface area contributed by atoms with Crippen LogP contribution in [0.15, 0.2) is 0 Å². The molecule has 0 heterocycles. The Balaban J connectivity index is 2.81. The van der Waals surface area contributed by atoms with Gasteiger partial charge >= 0.3 is 0 Å². The van der Waals surface area contributed by atoms with Gasteiger partial charge in [0.2, 0.25) is 0 Å². The van der Waals surface area contributed by atoms with Crippen molar-refractivity contribution in [2.75, 3.05) is 24.7 Å². The number of thioether (sulfide) groups is 1. The van der Waals surface area contributed by atoms with E-state index in [1.165, 1.54) is 37.2 Å². The second kappa shape index (κ2) is 14.7. The van der Waals surface area contributed by atoms with Gasteiger partial charge in [0.15, 0.2) is 19.5 Å². The first-order chi connectivity index (χ1) is 7.41. The van der Waals surface area contributed by atoms with Crippen molar-refractivity contribution in [1.82, 2.24) is 0 Å². The highest BCUT2D eigenvalue weighted by Crippen LogP contribution is 2.07. The number of rotatable bonds is 12. The largest absolute Gasteiger partial charge is 0.424 e. The van der Waals surface area contributed by atoms with Crippen LogP contribution in [0.1, 0.15) is 25.7 Å². The zero-order chi connectivity index (χ0) is 11.2. The van der Waals surface area contributed by atoms with Crippen molar-refractivity contribution >= 4 is 31.3 Å². The summed E-state index contributed by atoms with van der Waals surface area (Å²) in [5.74, 6) is 2.61. The third kappa shape index (κ3) is 14.7. The van der Waals surface area contributed by atoms with Gasteiger partial charge in [0, 0.05) is 13.2 Å². The van der Waals surface area contributed by atoms with Crippen LogP contribution in [0.25, 0.3) is 0 Å². The maximum Gasteiger partial charge on any atom is 0.158 e. The van der Waals surface area contributed by atoms with E-state index in [-0.39, 0.29) is 19.5 Å². The van der Waals surface area contributed by atoms with Crippen LogP contribution in [0, 0.1) is 0 Å². The van der Waals surface area contributed by atoms with Gasteiger partial charge < -0.3 is 8.85 Å². The molecule has 0 N–H and O–H groups in total. The Morgan fingerprint density at radius 1 is 0.800 bits per heavy atom. The lowest BCUT2D eigenvalue weighted by Gasteiger charge is -2.03. The molecule has 2 nitrogen and oxygen atoms in total. The molecule has 0 atom stereocenters. The van der Waals surface area contributed by atoms with Crippen LogP contribution in [0.4, 0.5) is 0 Å². The van der Waals surface area contributed by atoms with E-state index in [1.54, 1.807) is 0 Å². The van der Waals surface area contributed by atoms with E-state index in [1.807, 2.05) is 0 Å². The van der Waals surface area contributed by atoms with E-state index >= 15 is 0 Å². The molecule has 0 fully saturated rings. The Bertz CT molecular complexity index is 106. The quantitative estimate of drug-likeness (QED) is 0.395. The summed E-state index contributed by atoms with van der Waals surface area (Å²) in [4.78, 5) is 0. The highest BCUT2D eigenvalue weighted by molar-refractivity contribution is 7.99. The van der Waals surface area contributed by atoms with Gasteiger partial charge in [-0.3, -0.25) is 0 Å². The van der Waals surface area contributed by atoms with Crippen molar-refractivity contribution in [2.45, 2.75) is 38.8 Å². The van der Waals surface area contributed by atoms with Gasteiger partial charge in [0.1, 0.15) is 0 Å². The molecule has 0 aromatic heterocycles. The number of hydrogen-bond acceptors (Lipinski definition) is 3. The lowest BCUT2D eigenvalue weighted by Crippen LogP contribution is -1.98. The molecule has 0 aliphatic heterocycles. The summed E-state index contributed by atoms with van der Waals surface area (Å²) < 4.78 is 10.8. The first kappa shape index (κ1) is 15.7. The Kier molecular flexibility index (Phi) is 15.4. The van der Waals surface area contributed by atoms with Crippen LogP contribution < -0.4 is 0 Å². The minimum atomic E-state index is -0.159. The van der Waals surface area contributed by atoms with Crippen molar-refractivity contribution in [3.8, 4) is 0 Å². The van der Waals surface area contributed by atoms with Crippen LogP contribution in [-0.2, 0) is 8.85 Å². The lowest BCUT2D eigenvalue weighted by atomic mass is 10.4. The molecule has 5 heteroatoms. The molecule has 0 bridgehead atoms. The molecular weight excluding hydrogens is 240 g/mol. The van der Waals surface area contributed by atoms with Gasteiger partial charge in [-0.2, -0.15) is 11.8 Å². The minimum Gasteiger partial charge on any atom is -0.424 e. The molecule has 0 aliphatic carbocycles. The third-order valence-electron chi connectivity index (χ3n) is 2.06. The van der Waals surface area contributed by atoms with Gasteiger partial charge in [0.25, 0.3) is 0 Å². The molecule has 0 rings (SSSR count). The van der Waals surface area contributed by atoms with Crippen molar-refractivity contribution in [2.24, 2.45) is 0 Å². The molecule has 0 saturated heterocycles. The van der Waals surface area contributed by atoms with Crippen molar-refractivity contribution in [1.29, 1.82) is 0 Å². The maximum atomic E-state index is 5.42. The van der Waals surface area contributed by atoms with Gasteiger partial charge in [-0.25, -0.2) is 0 Å². The van der Waals surface area contributed by atoms with Crippen LogP contribution >= 0.6 is 11.8 Å². The van der Waals surface area contributed by atoms with E-state index in [4.69, 9.17) is 8.85 Å². The second-order valence-corrected chi connectivity index (χ2v) is 6.62. The Morgan fingerprint density at radius 3 is 1.67 bits per heavy atom. The van der Waals surface area contributed by atoms with E-state index < -0.39 is 0 Å². The molecule has 0 aromatic rings. The topological polar surface area (TPSA) is 18.5 Å². The van der Waals surface area contributed by atoms with E-state index in [2.05, 4.69) is 24.9 Å². The average molecular weight is 267 g/mol. The summed E-state index contributed by atoms with van der Waals surface area (Å²) in [5.41, 5.74) is 0. The standard InChI is InChI=1S/C10H26O2SSi2/c1-14-11-7-3-5-9-13-10-6-4-8-12-15-2/h3-10,14-15H2,1-2H3. The first-order valence-electron chi connectivity index (χ1n) is 6.15. The molecule has 0 aromatic carbocycles. The fourth-order valence-corrected chi connectivity index (χ4v) is 3.21. The average Bonchev–Trinajstić information content (AvgIpc) is 2.26. The Labute approximate surface area is 104 Å². The fraction of sp³-hybridized carbons (Fsp3) is 1.00. The van der Waals surface area contributed by atoms with E-state index in [0.717, 1.165) is 13.2 Å². The summed E-state index contributed by atoms with van der Waals surface area (Å²) in [6, 6.07) is 0. The molecular formula is C10H26O2SSi2. The van der Waals surface area contributed by atoms with Crippen LogP contribution in [-0.4, -0.2) is 44.2 Å². The molecule has 0 aliphatic rings. The number of unbranched alkanes of at least 4 members (excludes halogenated alkanes) is 2. The molecule has 0 amide bonds. The third-order valence-corrected chi connectivity index (χ3v) is 4.61. The van der Waals surface area contributed by atoms with E-state index in [9.17, 15) is 0 Å². The van der Waals surface area contributed by atoms with Crippen LogP contribution in [0.3, 0.4) is 0 Å². The van der Waals surface area contributed by atoms with Crippen LogP contribution in [0.5, 0.6) is 0 Å². The normalized spacial score (nSPS) is 12.4. The van der Waals surface area contributed by atoms with Crippen molar-refractivity contribution < 1.29 is 8.85 Å². The monoisotopic (exact) mass is 266 g/mol. The summed E-state index contributed by atoms with van der Waals surface area (Å²) in [5, 5.41) is 0. The first-order valence-corrected chi connectivity index (χ1v) is 11.3. The molecule has 0 unspecified atom stereocenters. The highest BCUT2D eigenvalue weighted by Gasteiger charge is 1.92. The summed E-state index contributed by atoms with van der Waals surface area (Å²) in [7, 11) is -0.319. The number of hydrogen-bond donors (Lipinski definition) is 0. The van der Waals surface area contributed by atoms with Gasteiger partial charge in [-0.05, 0) is 37.2 Å². The minimum absolute atomic E-state index is 0.159. The predicted octanol–water partition coefficient (Wildman–Crippen LogP) is 1.58. The van der Waals surface area contributed by atoms with E-state index in [0.29, 0.717) is 0 Å². The zero-order valence-electron chi connectivity index (χ0n) is 10.3. The maximum absolute atomic E-state index is 5.42. The van der Waals surface area contributed by atoms with Crippen molar-refractivity contribution in [3.63, 3.8) is 0 Å². The highest BCUT2D eigenvalue weighted by atomic mass is 32.2. The molecule has 0 radical (unpaired) electrons. The van der Waals surface area contributed by atoms with Gasteiger partial charge in [0.05, 0.1) is 0 Å². The van der Waals surface area contributed by atoms with Crippen LogP contribution in [0.2, 0.25) is 13.1 Å². The zero-order valence-corrected chi connectivity index (χ0v) is 13.9. The second-order valence-electron chi connectivity index (χ2n) is 3.42. The van der Waals surface area contributed by atoms with Gasteiger partial charge in [-0.1, -0.05) is 13.1 Å². The Morgan fingerprint density at radius 2 is 1.27 bits per heavy atom. The Hall–Kier alpha value is 0.704. The predicted molar refractivity (Wildman–Crippen MR) is 76.5 cm³/mol. The summed E-state index contributed by atoms with van der Waals surface area (Å²) >= 11 is 2.08. The molecule has 0 spiro atoms.